The fourth-order valence-corrected chi connectivity index (χ4v) is 2.40. The van der Waals surface area contributed by atoms with Gasteiger partial charge in [0.15, 0.2) is 0 Å². The number of halogens is 1. The molecule has 0 aliphatic rings. The van der Waals surface area contributed by atoms with Crippen LogP contribution in [0.15, 0.2) is 22.0 Å². The molecule has 1 aromatic heterocycles. The zero-order valence-electron chi connectivity index (χ0n) is 11.0. The van der Waals surface area contributed by atoms with Crippen molar-refractivity contribution in [1.82, 2.24) is 5.32 Å². The van der Waals surface area contributed by atoms with Crippen molar-refractivity contribution in [3.05, 3.63) is 26.9 Å². The van der Waals surface area contributed by atoms with Crippen molar-refractivity contribution in [2.45, 2.75) is 38.8 Å². The van der Waals surface area contributed by atoms with E-state index in [0.717, 1.165) is 8.66 Å². The van der Waals surface area contributed by atoms with Gasteiger partial charge in [-0.3, -0.25) is 4.79 Å². The van der Waals surface area contributed by atoms with Gasteiger partial charge >= 0.3 is 0 Å². The molecule has 1 rings (SSSR count). The highest BCUT2D eigenvalue weighted by Gasteiger charge is 2.35. The molecule has 0 radical (unpaired) electrons. The maximum absolute atomic E-state index is 11.8. The molecule has 3 nitrogen and oxygen atoms in total. The minimum Gasteiger partial charge on any atom is -0.388 e. The normalized spacial score (nSPS) is 13.0. The summed E-state index contributed by atoms with van der Waals surface area (Å²) in [5, 5.41) is 12.7. The highest BCUT2D eigenvalue weighted by molar-refractivity contribution is 9.11. The predicted octanol–water partition coefficient (Wildman–Crippen LogP) is 3.19. The molecular formula is C13H18BrNO2S. The predicted molar refractivity (Wildman–Crippen MR) is 79.6 cm³/mol. The standard InChI is InChI=1S/C13H18BrNO2S/c1-12(2,13(3,4)17)15-11(16)8-6-9-5-7-10(14)18-9/h5-8,17H,1-4H3,(H,15,16)/b8-6+. The number of thiophene rings is 1. The second kappa shape index (κ2) is 5.55. The Morgan fingerprint density at radius 1 is 1.39 bits per heavy atom. The summed E-state index contributed by atoms with van der Waals surface area (Å²) in [5.41, 5.74) is -1.67. The van der Waals surface area contributed by atoms with Gasteiger partial charge in [0.05, 0.1) is 14.9 Å². The number of amides is 1. The van der Waals surface area contributed by atoms with Gasteiger partial charge in [0.25, 0.3) is 0 Å². The third-order valence-electron chi connectivity index (χ3n) is 2.96. The molecule has 0 aromatic carbocycles. The number of rotatable bonds is 4. The molecule has 100 valence electrons. The number of hydrogen-bond acceptors (Lipinski definition) is 3. The van der Waals surface area contributed by atoms with Crippen LogP contribution in [0.3, 0.4) is 0 Å². The average molecular weight is 332 g/mol. The van der Waals surface area contributed by atoms with Gasteiger partial charge in [-0.2, -0.15) is 0 Å². The molecule has 1 heterocycles. The quantitative estimate of drug-likeness (QED) is 0.832. The summed E-state index contributed by atoms with van der Waals surface area (Å²) in [5.74, 6) is -0.216. The van der Waals surface area contributed by atoms with E-state index in [1.807, 2.05) is 12.1 Å². The van der Waals surface area contributed by atoms with Gasteiger partial charge in [-0.25, -0.2) is 0 Å². The molecule has 5 heteroatoms. The van der Waals surface area contributed by atoms with E-state index in [9.17, 15) is 9.90 Å². The molecule has 0 aliphatic heterocycles. The fourth-order valence-electron chi connectivity index (χ4n) is 1.08. The number of carbonyl (C=O) groups excluding carboxylic acids is 1. The molecule has 2 N–H and O–H groups in total. The van der Waals surface area contributed by atoms with Crippen LogP contribution >= 0.6 is 27.3 Å². The Morgan fingerprint density at radius 3 is 2.44 bits per heavy atom. The first-order valence-electron chi connectivity index (χ1n) is 5.60. The van der Waals surface area contributed by atoms with Crippen LogP contribution in [0.1, 0.15) is 32.6 Å². The summed E-state index contributed by atoms with van der Waals surface area (Å²) in [6.45, 7) is 6.93. The van der Waals surface area contributed by atoms with Crippen molar-refractivity contribution in [3.63, 3.8) is 0 Å². The summed E-state index contributed by atoms with van der Waals surface area (Å²) >= 11 is 4.92. The topological polar surface area (TPSA) is 49.3 Å². The first-order valence-corrected chi connectivity index (χ1v) is 7.21. The summed E-state index contributed by atoms with van der Waals surface area (Å²) in [6, 6.07) is 3.86. The maximum Gasteiger partial charge on any atom is 0.244 e. The van der Waals surface area contributed by atoms with Crippen molar-refractivity contribution in [3.8, 4) is 0 Å². The molecule has 0 spiro atoms. The zero-order chi connectivity index (χ0) is 14.0. The Balaban J connectivity index is 2.65. The molecule has 0 bridgehead atoms. The average Bonchev–Trinajstić information content (AvgIpc) is 2.59. The summed E-state index contributed by atoms with van der Waals surface area (Å²) in [4.78, 5) is 12.8. The zero-order valence-corrected chi connectivity index (χ0v) is 13.4. The third-order valence-corrected chi connectivity index (χ3v) is 4.55. The summed E-state index contributed by atoms with van der Waals surface area (Å²) < 4.78 is 1.03. The number of aliphatic hydroxyl groups is 1. The van der Waals surface area contributed by atoms with Crippen molar-refractivity contribution in [2.75, 3.05) is 0 Å². The molecule has 1 amide bonds. The molecule has 0 aliphatic carbocycles. The Labute approximate surface area is 120 Å². The second-order valence-corrected chi connectivity index (χ2v) is 7.64. The number of hydrogen-bond donors (Lipinski definition) is 2. The van der Waals surface area contributed by atoms with E-state index in [-0.39, 0.29) is 5.91 Å². The minimum atomic E-state index is -0.984. The summed E-state index contributed by atoms with van der Waals surface area (Å²) in [7, 11) is 0. The molecule has 0 saturated heterocycles. The second-order valence-electron chi connectivity index (χ2n) is 5.15. The van der Waals surface area contributed by atoms with Crippen molar-refractivity contribution < 1.29 is 9.90 Å². The van der Waals surface area contributed by atoms with E-state index in [1.165, 1.54) is 6.08 Å². The van der Waals surface area contributed by atoms with Gasteiger partial charge in [0.2, 0.25) is 5.91 Å². The lowest BCUT2D eigenvalue weighted by molar-refractivity contribution is -0.121. The molecular weight excluding hydrogens is 314 g/mol. The minimum absolute atomic E-state index is 0.216. The van der Waals surface area contributed by atoms with Crippen LogP contribution in [0, 0.1) is 0 Å². The molecule has 18 heavy (non-hydrogen) atoms. The third kappa shape index (κ3) is 4.23. The van der Waals surface area contributed by atoms with Crippen LogP contribution < -0.4 is 5.32 Å². The van der Waals surface area contributed by atoms with Gasteiger partial charge in [-0.1, -0.05) is 0 Å². The van der Waals surface area contributed by atoms with E-state index < -0.39 is 11.1 Å². The van der Waals surface area contributed by atoms with Crippen molar-refractivity contribution in [1.29, 1.82) is 0 Å². The lowest BCUT2D eigenvalue weighted by atomic mass is 9.86. The molecule has 1 aromatic rings. The Bertz CT molecular complexity index is 458. The Kier molecular flexibility index (Phi) is 4.75. The van der Waals surface area contributed by atoms with E-state index in [2.05, 4.69) is 21.2 Å². The molecule has 0 saturated carbocycles. The maximum atomic E-state index is 11.8. The van der Waals surface area contributed by atoms with Crippen LogP contribution in [-0.4, -0.2) is 22.2 Å². The van der Waals surface area contributed by atoms with Crippen molar-refractivity contribution in [2.24, 2.45) is 0 Å². The lowest BCUT2D eigenvalue weighted by Gasteiger charge is -2.37. The van der Waals surface area contributed by atoms with Crippen LogP contribution in [0.4, 0.5) is 0 Å². The van der Waals surface area contributed by atoms with Crippen LogP contribution in [-0.2, 0) is 4.79 Å². The number of carbonyl (C=O) groups is 1. The smallest absolute Gasteiger partial charge is 0.244 e. The van der Waals surface area contributed by atoms with E-state index in [1.54, 1.807) is 45.1 Å². The molecule has 0 atom stereocenters. The van der Waals surface area contributed by atoms with Gasteiger partial charge in [-0.15, -0.1) is 11.3 Å². The number of nitrogens with one attached hydrogen (secondary N) is 1. The highest BCUT2D eigenvalue weighted by atomic mass is 79.9. The largest absolute Gasteiger partial charge is 0.388 e. The van der Waals surface area contributed by atoms with Gasteiger partial charge in [0.1, 0.15) is 0 Å². The lowest BCUT2D eigenvalue weighted by Crippen LogP contribution is -2.57. The van der Waals surface area contributed by atoms with Crippen LogP contribution in [0.5, 0.6) is 0 Å². The SMILES string of the molecule is CC(C)(O)C(C)(C)NC(=O)/C=C/c1ccc(Br)s1. The van der Waals surface area contributed by atoms with Crippen LogP contribution in [0.25, 0.3) is 6.08 Å². The monoisotopic (exact) mass is 331 g/mol. The first kappa shape index (κ1) is 15.4. The Morgan fingerprint density at radius 2 is 2.00 bits per heavy atom. The van der Waals surface area contributed by atoms with Crippen molar-refractivity contribution >= 4 is 39.2 Å². The molecule has 0 fully saturated rings. The van der Waals surface area contributed by atoms with E-state index >= 15 is 0 Å². The fraction of sp³-hybridized carbons (Fsp3) is 0.462. The van der Waals surface area contributed by atoms with Gasteiger partial charge in [0, 0.05) is 11.0 Å². The van der Waals surface area contributed by atoms with Gasteiger partial charge in [-0.05, 0) is 61.8 Å². The first-order chi connectivity index (χ1) is 8.12. The molecule has 0 unspecified atom stereocenters. The van der Waals surface area contributed by atoms with E-state index in [4.69, 9.17) is 0 Å². The van der Waals surface area contributed by atoms with Crippen LogP contribution in [0.2, 0.25) is 0 Å². The summed E-state index contributed by atoms with van der Waals surface area (Å²) in [6.07, 6.45) is 3.23. The Hall–Kier alpha value is -0.650. The highest BCUT2D eigenvalue weighted by Crippen LogP contribution is 2.23. The van der Waals surface area contributed by atoms with Gasteiger partial charge < -0.3 is 10.4 Å². The van der Waals surface area contributed by atoms with E-state index in [0.29, 0.717) is 0 Å².